The van der Waals surface area contributed by atoms with Crippen LogP contribution in [0.25, 0.3) is 5.65 Å². The number of anilines is 1. The number of amides is 1. The van der Waals surface area contributed by atoms with E-state index in [0.29, 0.717) is 18.9 Å². The molecule has 2 fully saturated rings. The quantitative estimate of drug-likeness (QED) is 0.732. The number of hydrogen-bond donors (Lipinski definition) is 1. The van der Waals surface area contributed by atoms with Crippen LogP contribution in [0.1, 0.15) is 57.7 Å². The van der Waals surface area contributed by atoms with Crippen LogP contribution in [-0.2, 0) is 11.2 Å². The van der Waals surface area contributed by atoms with E-state index < -0.39 is 0 Å². The molecule has 1 N–H and O–H groups in total. The zero-order chi connectivity index (χ0) is 20.1. The number of likely N-dealkylation sites (tertiary alicyclic amines) is 1. The number of fused-ring (bicyclic) bond motifs is 1. The number of piperidine rings is 1. The van der Waals surface area contributed by atoms with Crippen LogP contribution in [0.3, 0.4) is 0 Å². The average molecular weight is 400 g/mol. The second-order valence-electron chi connectivity index (χ2n) is 8.21. The first-order chi connectivity index (χ1) is 14.2. The highest BCUT2D eigenvalue weighted by Crippen LogP contribution is 2.18. The van der Waals surface area contributed by atoms with Gasteiger partial charge in [-0.25, -0.2) is 0 Å². The van der Waals surface area contributed by atoms with Crippen LogP contribution in [0, 0.1) is 0 Å². The number of carbonyl (C=O) groups excluding carboxylic acids is 1. The maximum Gasteiger partial charge on any atom is 0.220 e. The van der Waals surface area contributed by atoms with Gasteiger partial charge >= 0.3 is 0 Å². The van der Waals surface area contributed by atoms with Crippen molar-refractivity contribution in [3.05, 3.63) is 18.0 Å². The number of aromatic nitrogens is 4. The van der Waals surface area contributed by atoms with Crippen molar-refractivity contribution in [1.82, 2.24) is 30.0 Å². The molecule has 0 unspecified atom stereocenters. The number of nitrogens with zero attached hydrogens (tertiary/aromatic N) is 6. The minimum Gasteiger partial charge on any atom is -0.355 e. The van der Waals surface area contributed by atoms with Gasteiger partial charge in [-0.1, -0.05) is 6.92 Å². The Morgan fingerprint density at radius 3 is 2.83 bits per heavy atom. The third-order valence-electron chi connectivity index (χ3n) is 6.24. The molecule has 8 nitrogen and oxygen atoms in total. The molecule has 2 aromatic heterocycles. The third kappa shape index (κ3) is 4.86. The van der Waals surface area contributed by atoms with E-state index in [1.807, 2.05) is 16.6 Å². The summed E-state index contributed by atoms with van der Waals surface area (Å²) < 4.78 is 1.85. The molecule has 0 spiro atoms. The average Bonchev–Trinajstić information content (AvgIpc) is 3.39. The number of rotatable bonds is 8. The normalized spacial score (nSPS) is 20.4. The molecule has 0 bridgehead atoms. The van der Waals surface area contributed by atoms with E-state index in [2.05, 4.69) is 32.2 Å². The van der Waals surface area contributed by atoms with Crippen molar-refractivity contribution in [2.75, 3.05) is 37.6 Å². The maximum absolute atomic E-state index is 12.3. The van der Waals surface area contributed by atoms with Gasteiger partial charge in [-0.05, 0) is 63.7 Å². The van der Waals surface area contributed by atoms with Crippen LogP contribution in [0.15, 0.2) is 12.1 Å². The summed E-state index contributed by atoms with van der Waals surface area (Å²) in [7, 11) is 0. The fourth-order valence-electron chi connectivity index (χ4n) is 4.54. The summed E-state index contributed by atoms with van der Waals surface area (Å²) >= 11 is 0. The molecule has 0 radical (unpaired) electrons. The molecule has 8 heteroatoms. The number of aryl methyl sites for hydroxylation is 1. The van der Waals surface area contributed by atoms with Gasteiger partial charge in [-0.15, -0.1) is 15.3 Å². The highest BCUT2D eigenvalue weighted by atomic mass is 16.1. The molecule has 2 saturated heterocycles. The Hall–Kier alpha value is -2.22. The van der Waals surface area contributed by atoms with Crippen LogP contribution in [0.2, 0.25) is 0 Å². The Labute approximate surface area is 172 Å². The number of likely N-dealkylation sites (N-methyl/N-ethyl adjacent to an activating group) is 1. The summed E-state index contributed by atoms with van der Waals surface area (Å²) in [5.41, 5.74) is 0.770. The van der Waals surface area contributed by atoms with Crippen molar-refractivity contribution in [2.24, 2.45) is 0 Å². The first-order valence-corrected chi connectivity index (χ1v) is 11.2. The molecular weight excluding hydrogens is 366 g/mol. The predicted molar refractivity (Wildman–Crippen MR) is 113 cm³/mol. The van der Waals surface area contributed by atoms with Crippen molar-refractivity contribution < 1.29 is 4.79 Å². The topological polar surface area (TPSA) is 78.7 Å². The van der Waals surface area contributed by atoms with Gasteiger partial charge in [-0.2, -0.15) is 4.52 Å². The summed E-state index contributed by atoms with van der Waals surface area (Å²) in [4.78, 5) is 17.0. The monoisotopic (exact) mass is 399 g/mol. The van der Waals surface area contributed by atoms with E-state index in [1.165, 1.54) is 32.1 Å². The van der Waals surface area contributed by atoms with Crippen LogP contribution in [-0.4, -0.2) is 69.4 Å². The van der Waals surface area contributed by atoms with Crippen LogP contribution >= 0.6 is 0 Å². The number of hydrogen-bond acceptors (Lipinski definition) is 6. The highest BCUT2D eigenvalue weighted by Gasteiger charge is 2.23. The van der Waals surface area contributed by atoms with Crippen molar-refractivity contribution in [1.29, 1.82) is 0 Å². The SMILES string of the molecule is CCN1CCC[C@H]1CNC(=O)CCCc1nnc2ccc(N3CCCCC3)nn12. The van der Waals surface area contributed by atoms with Crippen LogP contribution in [0.4, 0.5) is 5.82 Å². The summed E-state index contributed by atoms with van der Waals surface area (Å²) in [6, 6.07) is 4.53. The molecule has 0 aliphatic carbocycles. The van der Waals surface area contributed by atoms with Gasteiger partial charge < -0.3 is 10.2 Å². The molecule has 4 rings (SSSR count). The largest absolute Gasteiger partial charge is 0.355 e. The van der Waals surface area contributed by atoms with Crippen molar-refractivity contribution in [2.45, 2.75) is 64.3 Å². The van der Waals surface area contributed by atoms with E-state index in [9.17, 15) is 4.79 Å². The molecule has 2 aliphatic rings. The molecular formula is C21H33N7O. The van der Waals surface area contributed by atoms with Crippen LogP contribution in [0.5, 0.6) is 0 Å². The van der Waals surface area contributed by atoms with E-state index in [1.54, 1.807) is 0 Å². The minimum atomic E-state index is 0.128. The van der Waals surface area contributed by atoms with E-state index in [-0.39, 0.29) is 5.91 Å². The lowest BCUT2D eigenvalue weighted by molar-refractivity contribution is -0.121. The van der Waals surface area contributed by atoms with Gasteiger partial charge in [0.15, 0.2) is 11.5 Å². The van der Waals surface area contributed by atoms with Crippen molar-refractivity contribution in [3.63, 3.8) is 0 Å². The summed E-state index contributed by atoms with van der Waals surface area (Å²) in [5, 5.41) is 16.4. The Bertz CT molecular complexity index is 814. The molecule has 1 atom stereocenters. The Kier molecular flexibility index (Phi) is 6.59. The first-order valence-electron chi connectivity index (χ1n) is 11.2. The molecule has 1 amide bonds. The fourth-order valence-corrected chi connectivity index (χ4v) is 4.54. The first kappa shape index (κ1) is 20.1. The molecule has 29 heavy (non-hydrogen) atoms. The third-order valence-corrected chi connectivity index (χ3v) is 6.24. The molecule has 4 heterocycles. The lowest BCUT2D eigenvalue weighted by atomic mass is 10.1. The molecule has 158 valence electrons. The lowest BCUT2D eigenvalue weighted by Gasteiger charge is -2.27. The Balaban J connectivity index is 1.28. The number of carbonyl (C=O) groups is 1. The van der Waals surface area contributed by atoms with E-state index in [0.717, 1.165) is 56.4 Å². The van der Waals surface area contributed by atoms with Gasteiger partial charge in [0.05, 0.1) is 0 Å². The predicted octanol–water partition coefficient (Wildman–Crippen LogP) is 2.04. The Morgan fingerprint density at radius 2 is 2.00 bits per heavy atom. The van der Waals surface area contributed by atoms with Gasteiger partial charge in [0.1, 0.15) is 5.82 Å². The van der Waals surface area contributed by atoms with Gasteiger partial charge in [0, 0.05) is 38.5 Å². The van der Waals surface area contributed by atoms with Crippen molar-refractivity contribution >= 4 is 17.4 Å². The summed E-state index contributed by atoms with van der Waals surface area (Å²) in [6.45, 7) is 7.30. The lowest BCUT2D eigenvalue weighted by Crippen LogP contribution is -2.39. The van der Waals surface area contributed by atoms with Gasteiger partial charge in [0.25, 0.3) is 0 Å². The maximum atomic E-state index is 12.3. The minimum absolute atomic E-state index is 0.128. The zero-order valence-electron chi connectivity index (χ0n) is 17.5. The molecule has 0 saturated carbocycles. The standard InChI is InChI=1S/C21H33N7O/c1-2-26-15-7-8-17(26)16-22-21(29)10-6-9-18-23-24-19-11-12-20(25-28(18)19)27-13-4-3-5-14-27/h11-12,17H,2-10,13-16H2,1H3,(H,22,29)/t17-/m0/s1. The second kappa shape index (κ2) is 9.52. The summed E-state index contributed by atoms with van der Waals surface area (Å²) in [5.74, 6) is 1.95. The highest BCUT2D eigenvalue weighted by molar-refractivity contribution is 5.75. The Morgan fingerprint density at radius 1 is 1.14 bits per heavy atom. The molecule has 2 aromatic rings. The second-order valence-corrected chi connectivity index (χ2v) is 8.21. The van der Waals surface area contributed by atoms with Gasteiger partial charge in [0.2, 0.25) is 5.91 Å². The van der Waals surface area contributed by atoms with E-state index >= 15 is 0 Å². The fraction of sp³-hybridized carbons (Fsp3) is 0.714. The van der Waals surface area contributed by atoms with E-state index in [4.69, 9.17) is 5.10 Å². The smallest absolute Gasteiger partial charge is 0.220 e. The molecule has 2 aliphatic heterocycles. The summed E-state index contributed by atoms with van der Waals surface area (Å²) in [6.07, 6.45) is 8.14. The van der Waals surface area contributed by atoms with Crippen molar-refractivity contribution in [3.8, 4) is 0 Å². The zero-order valence-corrected chi connectivity index (χ0v) is 17.5. The van der Waals surface area contributed by atoms with Crippen LogP contribution < -0.4 is 10.2 Å². The number of nitrogens with one attached hydrogen (secondary N) is 1. The molecule has 0 aromatic carbocycles. The van der Waals surface area contributed by atoms with Gasteiger partial charge in [-0.3, -0.25) is 9.69 Å².